The standard InChI is InChI=1S/C10H11NO2S/c1-13-8-3-2-7-5-14-6-10(12)11-9(7)4-8/h2-4H,5-6H2,1H3,(H,11,12). The Bertz CT molecular complexity index is 365. The van der Waals surface area contributed by atoms with Gasteiger partial charge in [0.2, 0.25) is 5.91 Å². The zero-order valence-corrected chi connectivity index (χ0v) is 8.69. The molecule has 1 aliphatic heterocycles. The van der Waals surface area contributed by atoms with Gasteiger partial charge >= 0.3 is 0 Å². The molecule has 1 N–H and O–H groups in total. The van der Waals surface area contributed by atoms with Crippen molar-refractivity contribution in [2.24, 2.45) is 0 Å². The number of benzene rings is 1. The Morgan fingerprint density at radius 3 is 3.07 bits per heavy atom. The molecule has 14 heavy (non-hydrogen) atoms. The monoisotopic (exact) mass is 209 g/mol. The van der Waals surface area contributed by atoms with Crippen LogP contribution >= 0.6 is 11.8 Å². The van der Waals surface area contributed by atoms with Crippen LogP contribution in [0, 0.1) is 0 Å². The molecule has 0 fully saturated rings. The Labute approximate surface area is 86.8 Å². The summed E-state index contributed by atoms with van der Waals surface area (Å²) in [5.41, 5.74) is 2.03. The SMILES string of the molecule is COc1ccc2c(c1)NC(=O)CSC2. The van der Waals surface area contributed by atoms with Crippen molar-refractivity contribution in [1.82, 2.24) is 0 Å². The van der Waals surface area contributed by atoms with E-state index in [0.717, 1.165) is 22.8 Å². The summed E-state index contributed by atoms with van der Waals surface area (Å²) in [5.74, 6) is 2.23. The fourth-order valence-corrected chi connectivity index (χ4v) is 2.20. The van der Waals surface area contributed by atoms with Gasteiger partial charge in [0.1, 0.15) is 5.75 Å². The molecule has 0 radical (unpaired) electrons. The van der Waals surface area contributed by atoms with Crippen LogP contribution in [0.5, 0.6) is 5.75 Å². The second-order valence-corrected chi connectivity index (χ2v) is 4.05. The molecule has 1 amide bonds. The van der Waals surface area contributed by atoms with Crippen LogP contribution in [0.4, 0.5) is 5.69 Å². The number of hydrogen-bond acceptors (Lipinski definition) is 3. The summed E-state index contributed by atoms with van der Waals surface area (Å²) >= 11 is 1.63. The molecule has 0 spiro atoms. The molecule has 0 atom stereocenters. The van der Waals surface area contributed by atoms with Gasteiger partial charge in [0.25, 0.3) is 0 Å². The van der Waals surface area contributed by atoms with Crippen LogP contribution in [-0.4, -0.2) is 18.8 Å². The third kappa shape index (κ3) is 1.85. The number of anilines is 1. The Morgan fingerprint density at radius 1 is 1.43 bits per heavy atom. The zero-order chi connectivity index (χ0) is 9.97. The molecule has 1 aliphatic rings. The maximum absolute atomic E-state index is 11.3. The van der Waals surface area contributed by atoms with E-state index in [1.807, 2.05) is 18.2 Å². The molecule has 0 bridgehead atoms. The Morgan fingerprint density at radius 2 is 2.29 bits per heavy atom. The van der Waals surface area contributed by atoms with Crippen LogP contribution in [0.15, 0.2) is 18.2 Å². The van der Waals surface area contributed by atoms with Gasteiger partial charge in [-0.2, -0.15) is 0 Å². The topological polar surface area (TPSA) is 38.3 Å². The highest BCUT2D eigenvalue weighted by Gasteiger charge is 2.13. The molecule has 0 saturated carbocycles. The number of amides is 1. The molecular weight excluding hydrogens is 198 g/mol. The molecule has 0 aliphatic carbocycles. The lowest BCUT2D eigenvalue weighted by molar-refractivity contribution is -0.113. The maximum atomic E-state index is 11.3. The number of hydrogen-bond donors (Lipinski definition) is 1. The molecule has 0 unspecified atom stereocenters. The molecule has 0 saturated heterocycles. The van der Waals surface area contributed by atoms with Crippen molar-refractivity contribution >= 4 is 23.4 Å². The predicted molar refractivity (Wildman–Crippen MR) is 57.8 cm³/mol. The Hall–Kier alpha value is -1.16. The first kappa shape index (κ1) is 9.40. The van der Waals surface area contributed by atoms with Crippen molar-refractivity contribution in [3.63, 3.8) is 0 Å². The van der Waals surface area contributed by atoms with E-state index in [0.29, 0.717) is 5.75 Å². The predicted octanol–water partition coefficient (Wildman–Crippen LogP) is 1.88. The van der Waals surface area contributed by atoms with E-state index in [9.17, 15) is 4.79 Å². The molecule has 2 rings (SSSR count). The number of nitrogens with one attached hydrogen (secondary N) is 1. The summed E-state index contributed by atoms with van der Waals surface area (Å²) in [5, 5.41) is 2.86. The van der Waals surface area contributed by atoms with E-state index < -0.39 is 0 Å². The Kier molecular flexibility index (Phi) is 2.63. The number of carbonyl (C=O) groups excluding carboxylic acids is 1. The fraction of sp³-hybridized carbons (Fsp3) is 0.300. The van der Waals surface area contributed by atoms with Gasteiger partial charge < -0.3 is 10.1 Å². The van der Waals surface area contributed by atoms with Gasteiger partial charge in [-0.25, -0.2) is 0 Å². The molecule has 4 heteroatoms. The van der Waals surface area contributed by atoms with Crippen molar-refractivity contribution in [3.05, 3.63) is 23.8 Å². The smallest absolute Gasteiger partial charge is 0.234 e. The van der Waals surface area contributed by atoms with E-state index in [1.165, 1.54) is 0 Å². The van der Waals surface area contributed by atoms with E-state index in [-0.39, 0.29) is 5.91 Å². The van der Waals surface area contributed by atoms with E-state index in [1.54, 1.807) is 18.9 Å². The molecule has 1 heterocycles. The minimum atomic E-state index is 0.0574. The second kappa shape index (κ2) is 3.92. The minimum Gasteiger partial charge on any atom is -0.497 e. The largest absolute Gasteiger partial charge is 0.497 e. The first-order valence-corrected chi connectivity index (χ1v) is 5.49. The average Bonchev–Trinajstić information content (AvgIpc) is 2.37. The molecule has 74 valence electrons. The first-order chi connectivity index (χ1) is 6.79. The molecular formula is C10H11NO2S. The summed E-state index contributed by atoms with van der Waals surface area (Å²) in [6, 6.07) is 5.77. The van der Waals surface area contributed by atoms with Gasteiger partial charge in [0, 0.05) is 17.5 Å². The van der Waals surface area contributed by atoms with Crippen molar-refractivity contribution in [3.8, 4) is 5.75 Å². The molecule has 0 aromatic heterocycles. The highest BCUT2D eigenvalue weighted by atomic mass is 32.2. The highest BCUT2D eigenvalue weighted by molar-refractivity contribution is 7.99. The van der Waals surface area contributed by atoms with Gasteiger partial charge in [-0.15, -0.1) is 11.8 Å². The zero-order valence-electron chi connectivity index (χ0n) is 7.87. The quantitative estimate of drug-likeness (QED) is 0.767. The second-order valence-electron chi connectivity index (χ2n) is 3.06. The number of carbonyl (C=O) groups is 1. The summed E-state index contributed by atoms with van der Waals surface area (Å²) < 4.78 is 5.10. The third-order valence-electron chi connectivity index (χ3n) is 2.08. The van der Waals surface area contributed by atoms with Crippen LogP contribution in [0.1, 0.15) is 5.56 Å². The summed E-state index contributed by atoms with van der Waals surface area (Å²) in [7, 11) is 1.62. The lowest BCUT2D eigenvalue weighted by atomic mass is 10.2. The Balaban J connectivity index is 2.36. The van der Waals surface area contributed by atoms with Crippen LogP contribution in [-0.2, 0) is 10.5 Å². The van der Waals surface area contributed by atoms with Gasteiger partial charge in [-0.05, 0) is 11.6 Å². The van der Waals surface area contributed by atoms with Crippen LogP contribution in [0.3, 0.4) is 0 Å². The van der Waals surface area contributed by atoms with Crippen molar-refractivity contribution < 1.29 is 9.53 Å². The fourth-order valence-electron chi connectivity index (χ4n) is 1.36. The molecule has 1 aromatic rings. The van der Waals surface area contributed by atoms with Crippen LogP contribution < -0.4 is 10.1 Å². The summed E-state index contributed by atoms with van der Waals surface area (Å²) in [6.07, 6.45) is 0. The van der Waals surface area contributed by atoms with Gasteiger partial charge in [-0.1, -0.05) is 6.07 Å². The summed E-state index contributed by atoms with van der Waals surface area (Å²) in [6.45, 7) is 0. The van der Waals surface area contributed by atoms with E-state index >= 15 is 0 Å². The van der Waals surface area contributed by atoms with Gasteiger partial charge in [-0.3, -0.25) is 4.79 Å². The number of thioether (sulfide) groups is 1. The normalized spacial score (nSPS) is 15.4. The number of methoxy groups -OCH3 is 1. The van der Waals surface area contributed by atoms with Crippen molar-refractivity contribution in [2.75, 3.05) is 18.2 Å². The average molecular weight is 209 g/mol. The summed E-state index contributed by atoms with van der Waals surface area (Å²) in [4.78, 5) is 11.3. The third-order valence-corrected chi connectivity index (χ3v) is 3.06. The van der Waals surface area contributed by atoms with E-state index in [4.69, 9.17) is 4.74 Å². The number of fused-ring (bicyclic) bond motifs is 1. The van der Waals surface area contributed by atoms with Crippen LogP contribution in [0.25, 0.3) is 0 Å². The van der Waals surface area contributed by atoms with Crippen molar-refractivity contribution in [1.29, 1.82) is 0 Å². The first-order valence-electron chi connectivity index (χ1n) is 4.34. The molecule has 1 aromatic carbocycles. The van der Waals surface area contributed by atoms with Crippen LogP contribution in [0.2, 0.25) is 0 Å². The molecule has 3 nitrogen and oxygen atoms in total. The highest BCUT2D eigenvalue weighted by Crippen LogP contribution is 2.28. The lowest BCUT2D eigenvalue weighted by Gasteiger charge is -2.07. The number of ether oxygens (including phenoxy) is 1. The minimum absolute atomic E-state index is 0.0574. The maximum Gasteiger partial charge on any atom is 0.234 e. The van der Waals surface area contributed by atoms with Gasteiger partial charge in [0.15, 0.2) is 0 Å². The van der Waals surface area contributed by atoms with Crippen molar-refractivity contribution in [2.45, 2.75) is 5.75 Å². The number of rotatable bonds is 1. The van der Waals surface area contributed by atoms with E-state index in [2.05, 4.69) is 5.32 Å². The van der Waals surface area contributed by atoms with Gasteiger partial charge in [0.05, 0.1) is 12.9 Å². The lowest BCUT2D eigenvalue weighted by Crippen LogP contribution is -2.12.